The van der Waals surface area contributed by atoms with Gasteiger partial charge in [0.25, 0.3) is 0 Å². The standard InChI is InChI=1S/C9H10Cl2S/c1-6(12)4-7-2-3-8(10)9(11)5-7/h2-3,5-6,12H,4H2,1H3. The summed E-state index contributed by atoms with van der Waals surface area (Å²) >= 11 is 15.9. The van der Waals surface area contributed by atoms with Crippen molar-refractivity contribution in [1.29, 1.82) is 0 Å². The highest BCUT2D eigenvalue weighted by Gasteiger charge is 2.01. The van der Waals surface area contributed by atoms with E-state index in [1.54, 1.807) is 0 Å². The molecule has 0 fully saturated rings. The van der Waals surface area contributed by atoms with Crippen molar-refractivity contribution in [3.8, 4) is 0 Å². The van der Waals surface area contributed by atoms with Crippen molar-refractivity contribution in [3.63, 3.8) is 0 Å². The van der Waals surface area contributed by atoms with Crippen molar-refractivity contribution >= 4 is 35.8 Å². The van der Waals surface area contributed by atoms with Crippen molar-refractivity contribution in [2.45, 2.75) is 18.6 Å². The third-order valence-electron chi connectivity index (χ3n) is 1.52. The van der Waals surface area contributed by atoms with E-state index < -0.39 is 0 Å². The van der Waals surface area contributed by atoms with E-state index in [-0.39, 0.29) is 0 Å². The van der Waals surface area contributed by atoms with Gasteiger partial charge in [0.15, 0.2) is 0 Å². The molecule has 1 aromatic rings. The summed E-state index contributed by atoms with van der Waals surface area (Å²) < 4.78 is 0. The van der Waals surface area contributed by atoms with Crippen LogP contribution in [-0.4, -0.2) is 5.25 Å². The molecule has 1 atom stereocenters. The van der Waals surface area contributed by atoms with Gasteiger partial charge in [0.05, 0.1) is 10.0 Å². The van der Waals surface area contributed by atoms with Gasteiger partial charge in [-0.25, -0.2) is 0 Å². The van der Waals surface area contributed by atoms with E-state index in [9.17, 15) is 0 Å². The van der Waals surface area contributed by atoms with Gasteiger partial charge in [-0.05, 0) is 24.1 Å². The monoisotopic (exact) mass is 220 g/mol. The topological polar surface area (TPSA) is 0 Å². The first kappa shape index (κ1) is 10.2. The lowest BCUT2D eigenvalue weighted by atomic mass is 10.1. The molecule has 0 bridgehead atoms. The molecule has 0 aliphatic carbocycles. The Morgan fingerprint density at radius 2 is 2.00 bits per heavy atom. The molecule has 0 aliphatic rings. The Hall–Kier alpha value is 0.150. The van der Waals surface area contributed by atoms with Gasteiger partial charge >= 0.3 is 0 Å². The third kappa shape index (κ3) is 2.89. The molecule has 1 unspecified atom stereocenters. The molecule has 0 aromatic heterocycles. The number of halogens is 2. The zero-order chi connectivity index (χ0) is 9.14. The normalized spacial score (nSPS) is 13.0. The summed E-state index contributed by atoms with van der Waals surface area (Å²) in [6, 6.07) is 5.67. The van der Waals surface area contributed by atoms with Crippen LogP contribution in [0, 0.1) is 0 Å². The lowest BCUT2D eigenvalue weighted by molar-refractivity contribution is 0.951. The van der Waals surface area contributed by atoms with Gasteiger partial charge in [0.2, 0.25) is 0 Å². The molecule has 0 aliphatic heterocycles. The molecule has 0 spiro atoms. The summed E-state index contributed by atoms with van der Waals surface area (Å²) in [5.74, 6) is 0. The number of benzene rings is 1. The fraction of sp³-hybridized carbons (Fsp3) is 0.333. The maximum atomic E-state index is 5.84. The van der Waals surface area contributed by atoms with E-state index in [1.807, 2.05) is 25.1 Å². The number of rotatable bonds is 2. The lowest BCUT2D eigenvalue weighted by Gasteiger charge is -2.04. The first-order chi connectivity index (χ1) is 5.59. The zero-order valence-electron chi connectivity index (χ0n) is 6.72. The molecule has 0 saturated carbocycles. The average Bonchev–Trinajstić information content (AvgIpc) is 1.96. The molecular weight excluding hydrogens is 211 g/mol. The Bertz CT molecular complexity index is 271. The minimum atomic E-state index is 0.349. The van der Waals surface area contributed by atoms with Crippen LogP contribution in [-0.2, 0) is 6.42 Å². The Morgan fingerprint density at radius 3 is 2.50 bits per heavy atom. The molecule has 0 N–H and O–H groups in total. The smallest absolute Gasteiger partial charge is 0.0595 e. The molecule has 0 saturated heterocycles. The second-order valence-electron chi connectivity index (χ2n) is 2.80. The summed E-state index contributed by atoms with van der Waals surface area (Å²) in [5.41, 5.74) is 1.17. The summed E-state index contributed by atoms with van der Waals surface area (Å²) in [7, 11) is 0. The fourth-order valence-electron chi connectivity index (χ4n) is 1.01. The van der Waals surface area contributed by atoms with Gasteiger partial charge in [0, 0.05) is 5.25 Å². The number of hydrogen-bond acceptors (Lipinski definition) is 1. The molecule has 3 heteroatoms. The first-order valence-electron chi connectivity index (χ1n) is 3.71. The van der Waals surface area contributed by atoms with Crippen LogP contribution in [0.3, 0.4) is 0 Å². The van der Waals surface area contributed by atoms with Gasteiger partial charge in [-0.1, -0.05) is 36.2 Å². The largest absolute Gasteiger partial charge is 0.176 e. The van der Waals surface area contributed by atoms with Crippen LogP contribution in [0.4, 0.5) is 0 Å². The molecule has 1 aromatic carbocycles. The maximum Gasteiger partial charge on any atom is 0.0595 e. The highest BCUT2D eigenvalue weighted by atomic mass is 35.5. The molecule has 0 amide bonds. The third-order valence-corrected chi connectivity index (χ3v) is 2.44. The quantitative estimate of drug-likeness (QED) is 0.720. The van der Waals surface area contributed by atoms with Crippen LogP contribution in [0.15, 0.2) is 18.2 Å². The van der Waals surface area contributed by atoms with Crippen molar-refractivity contribution < 1.29 is 0 Å². The predicted molar refractivity (Wildman–Crippen MR) is 58.6 cm³/mol. The van der Waals surface area contributed by atoms with E-state index >= 15 is 0 Å². The molecule has 66 valence electrons. The van der Waals surface area contributed by atoms with Gasteiger partial charge < -0.3 is 0 Å². The highest BCUT2D eigenvalue weighted by molar-refractivity contribution is 7.80. The van der Waals surface area contributed by atoms with E-state index in [1.165, 1.54) is 5.56 Å². The second kappa shape index (κ2) is 4.40. The van der Waals surface area contributed by atoms with E-state index in [0.29, 0.717) is 15.3 Å². The van der Waals surface area contributed by atoms with Crippen LogP contribution < -0.4 is 0 Å². The fourth-order valence-corrected chi connectivity index (χ4v) is 1.54. The SMILES string of the molecule is CC(S)Cc1ccc(Cl)c(Cl)c1. The minimum absolute atomic E-state index is 0.349. The first-order valence-corrected chi connectivity index (χ1v) is 4.99. The molecule has 0 heterocycles. The molecular formula is C9H10Cl2S. The van der Waals surface area contributed by atoms with Gasteiger partial charge in [-0.2, -0.15) is 12.6 Å². The average molecular weight is 221 g/mol. The highest BCUT2D eigenvalue weighted by Crippen LogP contribution is 2.23. The van der Waals surface area contributed by atoms with Crippen molar-refractivity contribution in [1.82, 2.24) is 0 Å². The molecule has 0 nitrogen and oxygen atoms in total. The van der Waals surface area contributed by atoms with Crippen LogP contribution in [0.5, 0.6) is 0 Å². The number of hydrogen-bond donors (Lipinski definition) is 1. The van der Waals surface area contributed by atoms with Crippen LogP contribution in [0.25, 0.3) is 0 Å². The summed E-state index contributed by atoms with van der Waals surface area (Å²) in [4.78, 5) is 0. The Morgan fingerprint density at radius 1 is 1.33 bits per heavy atom. The number of thiol groups is 1. The van der Waals surface area contributed by atoms with Crippen molar-refractivity contribution in [2.24, 2.45) is 0 Å². The van der Waals surface area contributed by atoms with Crippen LogP contribution >= 0.6 is 35.8 Å². The second-order valence-corrected chi connectivity index (χ2v) is 4.50. The maximum absolute atomic E-state index is 5.84. The molecule has 12 heavy (non-hydrogen) atoms. The minimum Gasteiger partial charge on any atom is -0.176 e. The van der Waals surface area contributed by atoms with Crippen molar-refractivity contribution in [3.05, 3.63) is 33.8 Å². The van der Waals surface area contributed by atoms with E-state index in [0.717, 1.165) is 6.42 Å². The molecule has 0 radical (unpaired) electrons. The summed E-state index contributed by atoms with van der Waals surface area (Å²) in [6.07, 6.45) is 0.917. The van der Waals surface area contributed by atoms with Gasteiger partial charge in [0.1, 0.15) is 0 Å². The van der Waals surface area contributed by atoms with E-state index in [4.69, 9.17) is 23.2 Å². The predicted octanol–water partition coefficient (Wildman–Crippen LogP) is 3.85. The Balaban J connectivity index is 2.82. The molecule has 1 rings (SSSR count). The van der Waals surface area contributed by atoms with Crippen molar-refractivity contribution in [2.75, 3.05) is 0 Å². The zero-order valence-corrected chi connectivity index (χ0v) is 9.13. The van der Waals surface area contributed by atoms with E-state index in [2.05, 4.69) is 12.6 Å². The van der Waals surface area contributed by atoms with Crippen LogP contribution in [0.1, 0.15) is 12.5 Å². The summed E-state index contributed by atoms with van der Waals surface area (Å²) in [5, 5.41) is 1.57. The summed E-state index contributed by atoms with van der Waals surface area (Å²) in [6.45, 7) is 2.05. The Labute approximate surface area is 88.3 Å². The van der Waals surface area contributed by atoms with Gasteiger partial charge in [-0.3, -0.25) is 0 Å². The lowest BCUT2D eigenvalue weighted by Crippen LogP contribution is -1.96. The van der Waals surface area contributed by atoms with Gasteiger partial charge in [-0.15, -0.1) is 0 Å². The van der Waals surface area contributed by atoms with Crippen LogP contribution in [0.2, 0.25) is 10.0 Å². The Kier molecular flexibility index (Phi) is 3.76.